The van der Waals surface area contributed by atoms with E-state index in [0.717, 1.165) is 0 Å². The molecule has 0 rings (SSSR count). The molecule has 0 spiro atoms. The van der Waals surface area contributed by atoms with Crippen molar-refractivity contribution in [1.82, 2.24) is 16.0 Å². The first-order chi connectivity index (χ1) is 13.5. The lowest BCUT2D eigenvalue weighted by molar-refractivity contribution is -0.144. The summed E-state index contributed by atoms with van der Waals surface area (Å²) >= 11 is 1.49. The highest BCUT2D eigenvalue weighted by Gasteiger charge is 2.27. The molecular formula is C16H28N4O8S. The van der Waals surface area contributed by atoms with Gasteiger partial charge in [0, 0.05) is 6.42 Å². The topological polar surface area (TPSA) is 208 Å². The van der Waals surface area contributed by atoms with E-state index in [9.17, 15) is 29.1 Å². The molecule has 29 heavy (non-hydrogen) atoms. The summed E-state index contributed by atoms with van der Waals surface area (Å²) < 4.78 is 0. The van der Waals surface area contributed by atoms with E-state index in [1.165, 1.54) is 18.7 Å². The molecule has 166 valence electrons. The first kappa shape index (κ1) is 26.6. The van der Waals surface area contributed by atoms with Gasteiger partial charge in [-0.25, -0.2) is 4.79 Å². The highest BCUT2D eigenvalue weighted by atomic mass is 32.2. The van der Waals surface area contributed by atoms with Gasteiger partial charge in [0.2, 0.25) is 17.7 Å². The van der Waals surface area contributed by atoms with E-state index in [1.54, 1.807) is 0 Å². The van der Waals surface area contributed by atoms with Crippen molar-refractivity contribution in [1.29, 1.82) is 0 Å². The molecule has 0 bridgehead atoms. The lowest BCUT2D eigenvalue weighted by atomic mass is 10.1. The Labute approximate surface area is 172 Å². The molecule has 0 fully saturated rings. The molecule has 0 aromatic heterocycles. The average molecular weight is 436 g/mol. The summed E-state index contributed by atoms with van der Waals surface area (Å²) in [5.74, 6) is -4.35. The molecule has 12 nitrogen and oxygen atoms in total. The maximum absolute atomic E-state index is 12.3. The number of carbonyl (C=O) groups is 5. The summed E-state index contributed by atoms with van der Waals surface area (Å²) in [6.07, 6.45) is 0.199. The Kier molecular flexibility index (Phi) is 12.6. The Hall–Kier alpha value is -2.38. The minimum Gasteiger partial charge on any atom is -0.481 e. The number of hydrogen-bond donors (Lipinski definition) is 7. The smallest absolute Gasteiger partial charge is 0.328 e. The van der Waals surface area contributed by atoms with Crippen LogP contribution < -0.4 is 21.7 Å². The fraction of sp³-hybridized carbons (Fsp3) is 0.688. The standard InChI is InChI=1S/C16H28N4O8S/c1-8(21)13(16(27)28)20-11(22)7-18-15(26)10(3-4-12(23)24)19-14(25)9(17)5-6-29-2/h8-10,13,21H,3-7,17H2,1-2H3,(H,18,26)(H,19,25)(H,20,22)(H,23,24)(H,27,28). The fourth-order valence-corrected chi connectivity index (χ4v) is 2.58. The molecule has 0 heterocycles. The number of thioether (sulfide) groups is 1. The molecule has 0 saturated carbocycles. The van der Waals surface area contributed by atoms with Crippen LogP contribution in [0.15, 0.2) is 0 Å². The van der Waals surface area contributed by atoms with Crippen molar-refractivity contribution in [3.05, 3.63) is 0 Å². The zero-order valence-corrected chi connectivity index (χ0v) is 17.0. The van der Waals surface area contributed by atoms with Gasteiger partial charge < -0.3 is 37.0 Å². The van der Waals surface area contributed by atoms with Crippen LogP contribution in [0.3, 0.4) is 0 Å². The van der Waals surface area contributed by atoms with E-state index < -0.39 is 66.9 Å². The molecule has 0 aliphatic heterocycles. The Morgan fingerprint density at radius 1 is 1.03 bits per heavy atom. The highest BCUT2D eigenvalue weighted by Crippen LogP contribution is 2.02. The number of nitrogens with one attached hydrogen (secondary N) is 3. The van der Waals surface area contributed by atoms with Crippen LogP contribution in [-0.2, 0) is 24.0 Å². The summed E-state index contributed by atoms with van der Waals surface area (Å²) in [7, 11) is 0. The second kappa shape index (κ2) is 13.7. The Balaban J connectivity index is 4.86. The van der Waals surface area contributed by atoms with Crippen molar-refractivity contribution in [3.63, 3.8) is 0 Å². The SMILES string of the molecule is CSCCC(N)C(=O)NC(CCC(=O)O)C(=O)NCC(=O)NC(C(=O)O)C(C)O. The van der Waals surface area contributed by atoms with Crippen LogP contribution in [0.4, 0.5) is 0 Å². The van der Waals surface area contributed by atoms with Crippen LogP contribution >= 0.6 is 11.8 Å². The first-order valence-corrected chi connectivity index (χ1v) is 10.1. The minimum absolute atomic E-state index is 0.227. The summed E-state index contributed by atoms with van der Waals surface area (Å²) in [6, 6.07) is -3.68. The molecule has 0 aliphatic carbocycles. The largest absolute Gasteiger partial charge is 0.481 e. The summed E-state index contributed by atoms with van der Waals surface area (Å²) in [6.45, 7) is 0.544. The number of nitrogens with two attached hydrogens (primary N) is 1. The van der Waals surface area contributed by atoms with Gasteiger partial charge in [0.1, 0.15) is 6.04 Å². The van der Waals surface area contributed by atoms with Gasteiger partial charge in [-0.3, -0.25) is 19.2 Å². The van der Waals surface area contributed by atoms with Crippen LogP contribution in [0.5, 0.6) is 0 Å². The third kappa shape index (κ3) is 11.3. The van der Waals surface area contributed by atoms with E-state index in [4.69, 9.17) is 15.9 Å². The van der Waals surface area contributed by atoms with E-state index in [2.05, 4.69) is 10.6 Å². The van der Waals surface area contributed by atoms with Crippen LogP contribution in [0, 0.1) is 0 Å². The minimum atomic E-state index is -1.56. The predicted molar refractivity (Wildman–Crippen MR) is 104 cm³/mol. The van der Waals surface area contributed by atoms with Crippen molar-refractivity contribution in [2.24, 2.45) is 5.73 Å². The van der Waals surface area contributed by atoms with Gasteiger partial charge in [0.05, 0.1) is 18.7 Å². The molecule has 3 amide bonds. The third-order valence-corrected chi connectivity index (χ3v) is 4.38. The Morgan fingerprint density at radius 2 is 1.66 bits per heavy atom. The van der Waals surface area contributed by atoms with Gasteiger partial charge >= 0.3 is 11.9 Å². The van der Waals surface area contributed by atoms with Gasteiger partial charge in [-0.1, -0.05) is 0 Å². The number of rotatable bonds is 14. The summed E-state index contributed by atoms with van der Waals surface area (Å²) in [4.78, 5) is 57.9. The van der Waals surface area contributed by atoms with Crippen molar-refractivity contribution in [2.45, 2.75) is 50.4 Å². The van der Waals surface area contributed by atoms with E-state index in [-0.39, 0.29) is 6.42 Å². The molecule has 0 aliphatic rings. The summed E-state index contributed by atoms with van der Waals surface area (Å²) in [5, 5.41) is 33.7. The zero-order valence-electron chi connectivity index (χ0n) is 16.2. The van der Waals surface area contributed by atoms with Crippen molar-refractivity contribution in [2.75, 3.05) is 18.6 Å². The number of carboxylic acid groups (broad SMARTS) is 2. The van der Waals surface area contributed by atoms with Gasteiger partial charge in [-0.2, -0.15) is 11.8 Å². The number of aliphatic hydroxyl groups is 1. The first-order valence-electron chi connectivity index (χ1n) is 8.74. The molecule has 8 N–H and O–H groups in total. The van der Waals surface area contributed by atoms with Crippen LogP contribution in [0.1, 0.15) is 26.2 Å². The Morgan fingerprint density at radius 3 is 2.14 bits per heavy atom. The molecule has 0 aromatic carbocycles. The number of carbonyl (C=O) groups excluding carboxylic acids is 3. The van der Waals surface area contributed by atoms with E-state index in [1.807, 2.05) is 11.6 Å². The number of amides is 3. The number of carboxylic acids is 2. The van der Waals surface area contributed by atoms with Crippen molar-refractivity contribution < 1.29 is 39.3 Å². The van der Waals surface area contributed by atoms with Crippen molar-refractivity contribution in [3.8, 4) is 0 Å². The molecule has 0 aromatic rings. The normalized spacial score (nSPS) is 14.8. The average Bonchev–Trinajstić information content (AvgIpc) is 2.64. The second-order valence-corrected chi connectivity index (χ2v) is 7.21. The highest BCUT2D eigenvalue weighted by molar-refractivity contribution is 7.98. The third-order valence-electron chi connectivity index (χ3n) is 3.74. The molecule has 0 saturated heterocycles. The Bertz CT molecular complexity index is 601. The van der Waals surface area contributed by atoms with Gasteiger partial charge in [-0.15, -0.1) is 0 Å². The van der Waals surface area contributed by atoms with Crippen LogP contribution in [-0.4, -0.2) is 87.8 Å². The number of aliphatic carboxylic acids is 2. The number of hydrogen-bond acceptors (Lipinski definition) is 8. The second-order valence-electron chi connectivity index (χ2n) is 6.22. The maximum Gasteiger partial charge on any atom is 0.328 e. The zero-order chi connectivity index (χ0) is 22.6. The molecule has 4 unspecified atom stereocenters. The van der Waals surface area contributed by atoms with Gasteiger partial charge in [0.15, 0.2) is 6.04 Å². The van der Waals surface area contributed by atoms with E-state index >= 15 is 0 Å². The van der Waals surface area contributed by atoms with Gasteiger partial charge in [0.25, 0.3) is 0 Å². The number of aliphatic hydroxyl groups excluding tert-OH is 1. The van der Waals surface area contributed by atoms with Crippen LogP contribution in [0.2, 0.25) is 0 Å². The lowest BCUT2D eigenvalue weighted by Crippen LogP contribution is -2.54. The molecule has 0 radical (unpaired) electrons. The maximum atomic E-state index is 12.3. The molecule has 4 atom stereocenters. The predicted octanol–water partition coefficient (Wildman–Crippen LogP) is -2.52. The summed E-state index contributed by atoms with van der Waals surface area (Å²) in [5.41, 5.74) is 5.72. The molecule has 13 heteroatoms. The lowest BCUT2D eigenvalue weighted by Gasteiger charge is -2.21. The molecular weight excluding hydrogens is 408 g/mol. The van der Waals surface area contributed by atoms with Crippen molar-refractivity contribution >= 4 is 41.4 Å². The fourth-order valence-electron chi connectivity index (χ4n) is 2.10. The van der Waals surface area contributed by atoms with Crippen LogP contribution in [0.25, 0.3) is 0 Å². The monoisotopic (exact) mass is 436 g/mol. The van der Waals surface area contributed by atoms with Gasteiger partial charge in [-0.05, 0) is 31.8 Å². The van der Waals surface area contributed by atoms with E-state index in [0.29, 0.717) is 12.2 Å². The quantitative estimate of drug-likeness (QED) is 0.152.